The summed E-state index contributed by atoms with van der Waals surface area (Å²) in [6, 6.07) is 4.07. The molecule has 0 aliphatic rings. The Hall–Kier alpha value is -2.90. The molecular weight excluding hydrogens is 285 g/mol. The summed E-state index contributed by atoms with van der Waals surface area (Å²) in [6.45, 7) is 1.22. The van der Waals surface area contributed by atoms with Gasteiger partial charge in [-0.2, -0.15) is 0 Å². The molecule has 2 rings (SSSR count). The summed E-state index contributed by atoms with van der Waals surface area (Å²) in [5.41, 5.74) is -0.416. The summed E-state index contributed by atoms with van der Waals surface area (Å²) in [6.07, 6.45) is 0. The third kappa shape index (κ3) is 3.16. The zero-order valence-corrected chi connectivity index (χ0v) is 10.8. The number of aryl methyl sites for hydroxylation is 1. The van der Waals surface area contributed by atoms with E-state index in [1.54, 1.807) is 0 Å². The SMILES string of the molecule is Cc1oc(COc2cc(F)ccc2[N+](=O)[O-])cc1C(=O)O. The van der Waals surface area contributed by atoms with E-state index in [0.29, 0.717) is 0 Å². The minimum atomic E-state index is -1.15. The van der Waals surface area contributed by atoms with Crippen LogP contribution in [0.4, 0.5) is 10.1 Å². The molecule has 1 aromatic heterocycles. The maximum atomic E-state index is 13.1. The Balaban J connectivity index is 2.20. The Morgan fingerprint density at radius 1 is 1.48 bits per heavy atom. The van der Waals surface area contributed by atoms with E-state index in [0.717, 1.165) is 18.2 Å². The quantitative estimate of drug-likeness (QED) is 0.672. The fourth-order valence-electron chi connectivity index (χ4n) is 1.73. The van der Waals surface area contributed by atoms with E-state index in [1.165, 1.54) is 13.0 Å². The van der Waals surface area contributed by atoms with Crippen molar-refractivity contribution in [2.75, 3.05) is 0 Å². The molecule has 0 aliphatic carbocycles. The van der Waals surface area contributed by atoms with Gasteiger partial charge in [0.1, 0.15) is 29.5 Å². The number of nitro groups is 1. The van der Waals surface area contributed by atoms with Crippen LogP contribution in [0.25, 0.3) is 0 Å². The lowest BCUT2D eigenvalue weighted by molar-refractivity contribution is -0.386. The molecule has 8 heteroatoms. The lowest BCUT2D eigenvalue weighted by atomic mass is 10.2. The highest BCUT2D eigenvalue weighted by atomic mass is 19.1. The van der Waals surface area contributed by atoms with Gasteiger partial charge >= 0.3 is 11.7 Å². The fourth-order valence-corrected chi connectivity index (χ4v) is 1.73. The number of carboxylic acids is 1. The molecule has 0 amide bonds. The molecule has 0 bridgehead atoms. The molecule has 1 N–H and O–H groups in total. The zero-order valence-electron chi connectivity index (χ0n) is 10.8. The normalized spacial score (nSPS) is 10.4. The molecule has 7 nitrogen and oxygen atoms in total. The number of rotatable bonds is 5. The van der Waals surface area contributed by atoms with E-state index < -0.39 is 22.4 Å². The number of hydrogen-bond acceptors (Lipinski definition) is 5. The predicted molar refractivity (Wildman–Crippen MR) is 67.8 cm³/mol. The average Bonchev–Trinajstić information content (AvgIpc) is 2.77. The average molecular weight is 295 g/mol. The van der Waals surface area contributed by atoms with Gasteiger partial charge in [-0.3, -0.25) is 10.1 Å². The number of ether oxygens (including phenoxy) is 1. The highest BCUT2D eigenvalue weighted by molar-refractivity contribution is 5.88. The van der Waals surface area contributed by atoms with E-state index in [4.69, 9.17) is 14.3 Å². The standard InChI is InChI=1S/C13H10FNO6/c1-7-10(13(16)17)5-9(21-7)6-20-12-4-8(14)2-3-11(12)15(18)19/h2-5H,6H2,1H3,(H,16,17). The number of carbonyl (C=O) groups is 1. The second-order valence-corrected chi connectivity index (χ2v) is 4.15. The maximum Gasteiger partial charge on any atom is 0.339 e. The van der Waals surface area contributed by atoms with E-state index in [-0.39, 0.29) is 29.4 Å². The minimum absolute atomic E-state index is 0.0256. The molecule has 2 aromatic rings. The first-order chi connectivity index (χ1) is 9.88. The van der Waals surface area contributed by atoms with Gasteiger partial charge in [0, 0.05) is 12.1 Å². The van der Waals surface area contributed by atoms with Crippen LogP contribution >= 0.6 is 0 Å². The van der Waals surface area contributed by atoms with Gasteiger partial charge < -0.3 is 14.3 Å². The van der Waals surface area contributed by atoms with Crippen molar-refractivity contribution in [1.29, 1.82) is 0 Å². The van der Waals surface area contributed by atoms with E-state index >= 15 is 0 Å². The van der Waals surface area contributed by atoms with Gasteiger partial charge in [0.25, 0.3) is 0 Å². The fraction of sp³-hybridized carbons (Fsp3) is 0.154. The van der Waals surface area contributed by atoms with Gasteiger partial charge in [-0.15, -0.1) is 0 Å². The molecule has 1 heterocycles. The van der Waals surface area contributed by atoms with Crippen LogP contribution in [0.5, 0.6) is 5.75 Å². The largest absolute Gasteiger partial charge is 0.479 e. The van der Waals surface area contributed by atoms with Crippen molar-refractivity contribution in [1.82, 2.24) is 0 Å². The molecule has 21 heavy (non-hydrogen) atoms. The molecular formula is C13H10FNO6. The van der Waals surface area contributed by atoms with Crippen molar-refractivity contribution < 1.29 is 28.4 Å². The van der Waals surface area contributed by atoms with Crippen molar-refractivity contribution in [3.63, 3.8) is 0 Å². The van der Waals surface area contributed by atoms with E-state index in [9.17, 15) is 19.3 Å². The first kappa shape index (κ1) is 14.5. The number of furan rings is 1. The van der Waals surface area contributed by atoms with Crippen molar-refractivity contribution >= 4 is 11.7 Å². The highest BCUT2D eigenvalue weighted by Gasteiger charge is 2.18. The minimum Gasteiger partial charge on any atom is -0.479 e. The van der Waals surface area contributed by atoms with Crippen LogP contribution in [0.15, 0.2) is 28.7 Å². The smallest absolute Gasteiger partial charge is 0.339 e. The van der Waals surface area contributed by atoms with Crippen molar-refractivity contribution in [3.8, 4) is 5.75 Å². The molecule has 0 fully saturated rings. The third-order valence-corrected chi connectivity index (χ3v) is 2.69. The van der Waals surface area contributed by atoms with Gasteiger partial charge in [0.15, 0.2) is 5.75 Å². The van der Waals surface area contributed by atoms with E-state index in [1.807, 2.05) is 0 Å². The van der Waals surface area contributed by atoms with Gasteiger partial charge in [0.2, 0.25) is 0 Å². The lowest BCUT2D eigenvalue weighted by Gasteiger charge is -2.04. The molecule has 1 aromatic carbocycles. The van der Waals surface area contributed by atoms with Gasteiger partial charge in [-0.25, -0.2) is 9.18 Å². The molecule has 0 unspecified atom stereocenters. The number of aromatic carboxylic acids is 1. The highest BCUT2D eigenvalue weighted by Crippen LogP contribution is 2.28. The number of nitrogens with zero attached hydrogens (tertiary/aromatic N) is 1. The van der Waals surface area contributed by atoms with Crippen LogP contribution in [0, 0.1) is 22.9 Å². The van der Waals surface area contributed by atoms with Crippen molar-refractivity contribution in [3.05, 3.63) is 57.3 Å². The summed E-state index contributed by atoms with van der Waals surface area (Å²) in [7, 11) is 0. The van der Waals surface area contributed by atoms with Crippen LogP contribution in [-0.2, 0) is 6.61 Å². The Labute approximate surface area is 117 Å². The Bertz CT molecular complexity index is 709. The predicted octanol–water partition coefficient (Wildman–Crippen LogP) is 2.91. The third-order valence-electron chi connectivity index (χ3n) is 2.69. The molecule has 110 valence electrons. The topological polar surface area (TPSA) is 103 Å². The summed E-state index contributed by atoms with van der Waals surface area (Å²) in [4.78, 5) is 20.9. The maximum absolute atomic E-state index is 13.1. The van der Waals surface area contributed by atoms with Gasteiger partial charge in [0.05, 0.1) is 4.92 Å². The first-order valence-electron chi connectivity index (χ1n) is 5.78. The Morgan fingerprint density at radius 3 is 2.76 bits per heavy atom. The Morgan fingerprint density at radius 2 is 2.19 bits per heavy atom. The number of benzene rings is 1. The number of halogens is 1. The van der Waals surface area contributed by atoms with Crippen LogP contribution in [0.3, 0.4) is 0 Å². The second kappa shape index (κ2) is 5.61. The van der Waals surface area contributed by atoms with Crippen LogP contribution in [0.1, 0.15) is 21.9 Å². The first-order valence-corrected chi connectivity index (χ1v) is 5.78. The Kier molecular flexibility index (Phi) is 3.88. The summed E-state index contributed by atoms with van der Waals surface area (Å²) in [5.74, 6) is -1.74. The van der Waals surface area contributed by atoms with Gasteiger partial charge in [-0.05, 0) is 19.1 Å². The zero-order chi connectivity index (χ0) is 15.6. The van der Waals surface area contributed by atoms with Crippen LogP contribution in [0.2, 0.25) is 0 Å². The van der Waals surface area contributed by atoms with Crippen LogP contribution < -0.4 is 4.74 Å². The molecule has 0 saturated heterocycles. The van der Waals surface area contributed by atoms with Crippen LogP contribution in [-0.4, -0.2) is 16.0 Å². The molecule has 0 saturated carbocycles. The van der Waals surface area contributed by atoms with Gasteiger partial charge in [-0.1, -0.05) is 0 Å². The summed E-state index contributed by atoms with van der Waals surface area (Å²) >= 11 is 0. The lowest BCUT2D eigenvalue weighted by Crippen LogP contribution is -1.99. The number of hydrogen-bond donors (Lipinski definition) is 1. The number of carboxylic acid groups (broad SMARTS) is 1. The number of nitro benzene ring substituents is 1. The molecule has 0 radical (unpaired) electrons. The summed E-state index contributed by atoms with van der Waals surface area (Å²) < 4.78 is 23.4. The monoisotopic (exact) mass is 295 g/mol. The molecule has 0 spiro atoms. The van der Waals surface area contributed by atoms with Crippen molar-refractivity contribution in [2.24, 2.45) is 0 Å². The summed E-state index contributed by atoms with van der Waals surface area (Å²) in [5, 5.41) is 19.7. The van der Waals surface area contributed by atoms with Crippen molar-refractivity contribution in [2.45, 2.75) is 13.5 Å². The molecule has 0 atom stereocenters. The second-order valence-electron chi connectivity index (χ2n) is 4.15. The van der Waals surface area contributed by atoms with E-state index in [2.05, 4.69) is 0 Å². The molecule has 0 aliphatic heterocycles.